The minimum absolute atomic E-state index is 0.259. The van der Waals surface area contributed by atoms with E-state index in [0.29, 0.717) is 0 Å². The van der Waals surface area contributed by atoms with Crippen molar-refractivity contribution >= 4 is 13.2 Å². The second kappa shape index (κ2) is 5.79. The maximum atomic E-state index is 14.4. The lowest BCUT2D eigenvalue weighted by Gasteiger charge is -2.32. The van der Waals surface area contributed by atoms with E-state index < -0.39 is 24.0 Å². The Morgan fingerprint density at radius 2 is 1.67 bits per heavy atom. The monoisotopic (exact) mass is 330 g/mol. The summed E-state index contributed by atoms with van der Waals surface area (Å²) in [6.07, 6.45) is 8.08. The maximum Gasteiger partial charge on any atom is 0.525 e. The average molecular weight is 330 g/mol. The molecule has 1 aliphatic heterocycles. The fourth-order valence-corrected chi connectivity index (χ4v) is 2.28. The lowest BCUT2D eigenvalue weighted by Crippen LogP contribution is -2.41. The van der Waals surface area contributed by atoms with E-state index in [1.165, 1.54) is 6.08 Å². The van der Waals surface area contributed by atoms with Gasteiger partial charge in [0.1, 0.15) is 5.73 Å². The zero-order valence-electron chi connectivity index (χ0n) is 14.4. The van der Waals surface area contributed by atoms with E-state index >= 15 is 0 Å². The van der Waals surface area contributed by atoms with Crippen molar-refractivity contribution in [2.75, 3.05) is 0 Å². The normalized spacial score (nSPS) is 19.8. The second-order valence-electron chi connectivity index (χ2n) is 6.85. The molecule has 0 N–H and O–H groups in total. The summed E-state index contributed by atoms with van der Waals surface area (Å²) in [5, 5.41) is 4.10. The molecule has 0 aliphatic carbocycles. The number of aromatic nitrogens is 4. The molecular weight excluding hydrogens is 310 g/mol. The Balaban J connectivity index is 1.77. The van der Waals surface area contributed by atoms with Gasteiger partial charge in [0.05, 0.1) is 17.4 Å². The molecule has 3 rings (SSSR count). The summed E-state index contributed by atoms with van der Waals surface area (Å²) in [7, 11) is 0.790. The summed E-state index contributed by atoms with van der Waals surface area (Å²) in [5.74, 6) is 0.259. The zero-order valence-corrected chi connectivity index (χ0v) is 14.4. The molecule has 2 aromatic rings. The highest BCUT2D eigenvalue weighted by molar-refractivity contribution is 6.54. The first kappa shape index (κ1) is 16.8. The largest absolute Gasteiger partial charge is 0.525 e. The Bertz CT molecular complexity index is 755. The van der Waals surface area contributed by atoms with E-state index in [2.05, 4.69) is 15.1 Å². The van der Waals surface area contributed by atoms with Gasteiger partial charge in [-0.25, -0.2) is 14.4 Å². The Hall–Kier alpha value is -2.06. The predicted octanol–water partition coefficient (Wildman–Crippen LogP) is 2.82. The van der Waals surface area contributed by atoms with Gasteiger partial charge in [-0.1, -0.05) is 0 Å². The molecule has 0 spiro atoms. The van der Waals surface area contributed by atoms with Gasteiger partial charge >= 0.3 is 7.12 Å². The first-order chi connectivity index (χ1) is 11.2. The Kier molecular flexibility index (Phi) is 4.05. The first-order valence-electron chi connectivity index (χ1n) is 7.72. The Morgan fingerprint density at radius 1 is 1.08 bits per heavy atom. The molecule has 0 saturated carbocycles. The Morgan fingerprint density at radius 3 is 2.17 bits per heavy atom. The van der Waals surface area contributed by atoms with Crippen LogP contribution in [0.1, 0.15) is 33.5 Å². The van der Waals surface area contributed by atoms with Crippen LogP contribution in [-0.4, -0.2) is 38.1 Å². The minimum atomic E-state index is -1.04. The van der Waals surface area contributed by atoms with Crippen molar-refractivity contribution in [1.29, 1.82) is 0 Å². The fraction of sp³-hybridized carbons (Fsp3) is 0.438. The van der Waals surface area contributed by atoms with Crippen molar-refractivity contribution in [3.05, 3.63) is 36.3 Å². The number of nitrogens with zero attached hydrogens (tertiary/aromatic N) is 4. The Labute approximate surface area is 140 Å². The van der Waals surface area contributed by atoms with Gasteiger partial charge < -0.3 is 9.31 Å². The highest BCUT2D eigenvalue weighted by Crippen LogP contribution is 2.38. The van der Waals surface area contributed by atoms with Crippen LogP contribution in [0, 0.1) is 0 Å². The summed E-state index contributed by atoms with van der Waals surface area (Å²) >= 11 is 0. The van der Waals surface area contributed by atoms with Crippen LogP contribution in [0.15, 0.2) is 30.5 Å². The standard InChI is InChI=1S/C16H20BFN4O2/c1-15(2)16(3,4)24-17(23-15)13(18)6-14-19-7-11(8-20-14)12-9-21-22(5)10-12/h6-10H,1-5H3. The smallest absolute Gasteiger partial charge is 0.398 e. The van der Waals surface area contributed by atoms with Crippen molar-refractivity contribution in [2.45, 2.75) is 38.9 Å². The molecule has 2 aromatic heterocycles. The summed E-state index contributed by atoms with van der Waals surface area (Å²) in [6.45, 7) is 7.50. The van der Waals surface area contributed by atoms with Crippen LogP contribution in [0.4, 0.5) is 4.39 Å². The van der Waals surface area contributed by atoms with E-state index in [1.807, 2.05) is 40.9 Å². The number of aryl methyl sites for hydroxylation is 1. The molecular formula is C16H20BFN4O2. The van der Waals surface area contributed by atoms with E-state index in [9.17, 15) is 4.39 Å². The molecule has 0 atom stereocenters. The lowest BCUT2D eigenvalue weighted by molar-refractivity contribution is 0.00578. The number of hydrogen-bond acceptors (Lipinski definition) is 5. The van der Waals surface area contributed by atoms with Crippen LogP contribution in [0.2, 0.25) is 0 Å². The maximum absolute atomic E-state index is 14.4. The molecule has 0 radical (unpaired) electrons. The highest BCUT2D eigenvalue weighted by atomic mass is 19.1. The van der Waals surface area contributed by atoms with Gasteiger partial charge in [-0.05, 0) is 27.7 Å². The summed E-state index contributed by atoms with van der Waals surface area (Å²) < 4.78 is 27.4. The molecule has 3 heterocycles. The molecule has 0 unspecified atom stereocenters. The van der Waals surface area contributed by atoms with Crippen molar-refractivity contribution in [3.63, 3.8) is 0 Å². The van der Waals surface area contributed by atoms with E-state index in [1.54, 1.807) is 23.3 Å². The molecule has 0 amide bonds. The summed E-state index contributed by atoms with van der Waals surface area (Å²) in [6, 6.07) is 0. The van der Waals surface area contributed by atoms with Gasteiger partial charge in [0.25, 0.3) is 0 Å². The molecule has 1 saturated heterocycles. The van der Waals surface area contributed by atoms with Gasteiger partial charge in [-0.15, -0.1) is 0 Å². The van der Waals surface area contributed by atoms with Gasteiger partial charge in [0, 0.05) is 42.8 Å². The first-order valence-corrected chi connectivity index (χ1v) is 7.72. The minimum Gasteiger partial charge on any atom is -0.398 e. The molecule has 0 aromatic carbocycles. The third-order valence-corrected chi connectivity index (χ3v) is 4.46. The van der Waals surface area contributed by atoms with Crippen LogP contribution in [0.5, 0.6) is 0 Å². The molecule has 1 aliphatic rings. The third-order valence-electron chi connectivity index (χ3n) is 4.46. The molecule has 8 heteroatoms. The molecule has 0 bridgehead atoms. The molecule has 1 fully saturated rings. The molecule has 126 valence electrons. The van der Waals surface area contributed by atoms with Crippen molar-refractivity contribution < 1.29 is 13.7 Å². The van der Waals surface area contributed by atoms with Crippen LogP contribution in [-0.2, 0) is 16.4 Å². The van der Waals surface area contributed by atoms with Crippen LogP contribution in [0.3, 0.4) is 0 Å². The van der Waals surface area contributed by atoms with E-state index in [0.717, 1.165) is 11.1 Å². The lowest BCUT2D eigenvalue weighted by atomic mass is 9.87. The van der Waals surface area contributed by atoms with Crippen molar-refractivity contribution in [2.24, 2.45) is 7.05 Å². The topological polar surface area (TPSA) is 62.1 Å². The SMILES string of the molecule is Cn1cc(-c2cnc(C=C(F)B3OC(C)(C)C(C)(C)O3)nc2)cn1. The highest BCUT2D eigenvalue weighted by Gasteiger charge is 2.53. The molecule has 6 nitrogen and oxygen atoms in total. The van der Waals surface area contributed by atoms with E-state index in [4.69, 9.17) is 9.31 Å². The van der Waals surface area contributed by atoms with Gasteiger partial charge in [0.15, 0.2) is 5.82 Å². The predicted molar refractivity (Wildman–Crippen MR) is 89.4 cm³/mol. The third kappa shape index (κ3) is 3.11. The fourth-order valence-electron chi connectivity index (χ4n) is 2.28. The summed E-state index contributed by atoms with van der Waals surface area (Å²) in [5.41, 5.74) is -0.0135. The van der Waals surface area contributed by atoms with Crippen LogP contribution >= 0.6 is 0 Å². The number of rotatable bonds is 3. The number of hydrogen-bond donors (Lipinski definition) is 0. The van der Waals surface area contributed by atoms with Gasteiger partial charge in [0.2, 0.25) is 0 Å². The van der Waals surface area contributed by atoms with Crippen molar-refractivity contribution in [1.82, 2.24) is 19.7 Å². The number of halogens is 1. The second-order valence-corrected chi connectivity index (χ2v) is 6.85. The van der Waals surface area contributed by atoms with E-state index in [-0.39, 0.29) is 5.82 Å². The molecule has 24 heavy (non-hydrogen) atoms. The van der Waals surface area contributed by atoms with Crippen LogP contribution < -0.4 is 0 Å². The van der Waals surface area contributed by atoms with Gasteiger partial charge in [-0.3, -0.25) is 4.68 Å². The van der Waals surface area contributed by atoms with Crippen LogP contribution in [0.25, 0.3) is 17.2 Å². The summed E-state index contributed by atoms with van der Waals surface area (Å²) in [4.78, 5) is 8.35. The van der Waals surface area contributed by atoms with Crippen molar-refractivity contribution in [3.8, 4) is 11.1 Å². The quantitative estimate of drug-likeness (QED) is 0.810. The average Bonchev–Trinajstić information content (AvgIpc) is 3.01. The van der Waals surface area contributed by atoms with Gasteiger partial charge in [-0.2, -0.15) is 5.10 Å². The zero-order chi connectivity index (χ0) is 17.5.